The molecule has 0 aliphatic carbocycles. The lowest BCUT2D eigenvalue weighted by Gasteiger charge is -2.31. The van der Waals surface area contributed by atoms with E-state index in [-0.39, 0.29) is 37.6 Å². The summed E-state index contributed by atoms with van der Waals surface area (Å²) in [5.74, 6) is 0. The van der Waals surface area contributed by atoms with Gasteiger partial charge in [-0.3, -0.25) is 0 Å². The molecule has 0 aromatic heterocycles. The summed E-state index contributed by atoms with van der Waals surface area (Å²) >= 11 is 0. The fourth-order valence-electron chi connectivity index (χ4n) is 2.68. The maximum absolute atomic E-state index is 10.7. The first kappa shape index (κ1) is 20.9. The van der Waals surface area contributed by atoms with Gasteiger partial charge in [-0.2, -0.15) is 0 Å². The zero-order valence-corrected chi connectivity index (χ0v) is 15.9. The minimum atomic E-state index is -1.20. The Kier molecular flexibility index (Phi) is 7.50. The van der Waals surface area contributed by atoms with Crippen LogP contribution in [-0.2, 0) is 37.9 Å². The van der Waals surface area contributed by atoms with Gasteiger partial charge in [-0.15, -0.1) is 0 Å². The maximum atomic E-state index is 10.7. The van der Waals surface area contributed by atoms with Gasteiger partial charge in [0.25, 0.3) is 0 Å². The fourth-order valence-corrected chi connectivity index (χ4v) is 2.68. The van der Waals surface area contributed by atoms with Gasteiger partial charge in [-0.05, 0) is 0 Å². The molecule has 0 saturated carbocycles. The molecular weight excluding hydrogens is 376 g/mol. The van der Waals surface area contributed by atoms with Crippen LogP contribution in [0.15, 0.2) is 0 Å². The lowest BCUT2D eigenvalue weighted by Crippen LogP contribution is -2.50. The molecule has 4 saturated heterocycles. The molecule has 0 aromatic rings. The van der Waals surface area contributed by atoms with Gasteiger partial charge in [0.15, 0.2) is 0 Å². The van der Waals surface area contributed by atoms with E-state index in [0.29, 0.717) is 52.9 Å². The monoisotopic (exact) mass is 406 g/mol. The van der Waals surface area contributed by atoms with E-state index < -0.39 is 24.4 Å². The number of aliphatic hydroxyl groups is 2. The summed E-state index contributed by atoms with van der Waals surface area (Å²) in [6, 6.07) is 0. The average molecular weight is 406 g/mol. The van der Waals surface area contributed by atoms with E-state index in [0.717, 1.165) is 0 Å². The van der Waals surface area contributed by atoms with E-state index in [2.05, 4.69) is 0 Å². The molecule has 28 heavy (non-hydrogen) atoms. The van der Waals surface area contributed by atoms with Crippen molar-refractivity contribution in [3.8, 4) is 0 Å². The minimum Gasteiger partial charge on any atom is -0.388 e. The first-order valence-electron chi connectivity index (χ1n) is 9.90. The van der Waals surface area contributed by atoms with Gasteiger partial charge >= 0.3 is 0 Å². The van der Waals surface area contributed by atoms with Crippen LogP contribution in [0.5, 0.6) is 0 Å². The molecule has 10 heteroatoms. The number of aliphatic hydroxyl groups excluding tert-OH is 2. The summed E-state index contributed by atoms with van der Waals surface area (Å²) in [7, 11) is 0. The molecule has 0 radical (unpaired) electrons. The highest BCUT2D eigenvalue weighted by molar-refractivity contribution is 4.85. The molecule has 2 N–H and O–H groups in total. The molecule has 4 rings (SSSR count). The molecule has 8 unspecified atom stereocenters. The molecule has 0 aromatic carbocycles. The number of rotatable bonds is 17. The van der Waals surface area contributed by atoms with Gasteiger partial charge in [0.1, 0.15) is 48.8 Å². The number of hydrogen-bond acceptors (Lipinski definition) is 10. The van der Waals surface area contributed by atoms with Gasteiger partial charge in [0.2, 0.25) is 0 Å². The predicted octanol–water partition coefficient (Wildman–Crippen LogP) is -1.89. The van der Waals surface area contributed by atoms with Crippen LogP contribution in [0.2, 0.25) is 0 Å². The van der Waals surface area contributed by atoms with E-state index >= 15 is 0 Å². The van der Waals surface area contributed by atoms with Crippen molar-refractivity contribution in [1.82, 2.24) is 0 Å². The van der Waals surface area contributed by atoms with Gasteiger partial charge < -0.3 is 48.1 Å². The number of epoxide rings is 4. The van der Waals surface area contributed by atoms with Gasteiger partial charge in [0.05, 0.1) is 66.1 Å². The standard InChI is InChI=1S/C18H30O10/c19-17(15(27-7-13-5-25-13)9-21-1-11-3-23-11)18(20)16(28-8-14-6-26-14)10-22-2-12-4-24-12/h11-20H,1-10H2. The maximum Gasteiger partial charge on any atom is 0.111 e. The van der Waals surface area contributed by atoms with E-state index in [9.17, 15) is 10.2 Å². The number of ether oxygens (including phenoxy) is 8. The van der Waals surface area contributed by atoms with E-state index in [1.165, 1.54) is 0 Å². The topological polar surface area (TPSA) is 128 Å². The van der Waals surface area contributed by atoms with Gasteiger partial charge in [-0.1, -0.05) is 0 Å². The summed E-state index contributed by atoms with van der Waals surface area (Å²) < 4.78 is 43.2. The second-order valence-electron chi connectivity index (χ2n) is 7.62. The van der Waals surface area contributed by atoms with Crippen LogP contribution in [0.1, 0.15) is 0 Å². The van der Waals surface area contributed by atoms with Crippen molar-refractivity contribution in [2.75, 3.05) is 66.1 Å². The normalized spacial score (nSPS) is 34.5. The highest BCUT2D eigenvalue weighted by Gasteiger charge is 2.37. The van der Waals surface area contributed by atoms with Crippen molar-refractivity contribution in [2.45, 2.75) is 48.8 Å². The minimum absolute atomic E-state index is 0.0412. The second kappa shape index (κ2) is 10.1. The predicted molar refractivity (Wildman–Crippen MR) is 92.1 cm³/mol. The molecule has 0 amide bonds. The molecule has 10 nitrogen and oxygen atoms in total. The lowest BCUT2D eigenvalue weighted by molar-refractivity contribution is -0.165. The van der Waals surface area contributed by atoms with E-state index in [1.807, 2.05) is 0 Å². The highest BCUT2D eigenvalue weighted by atomic mass is 16.6. The van der Waals surface area contributed by atoms with Crippen LogP contribution in [0, 0.1) is 0 Å². The van der Waals surface area contributed by atoms with Crippen LogP contribution >= 0.6 is 0 Å². The van der Waals surface area contributed by atoms with Crippen LogP contribution in [-0.4, -0.2) is 125 Å². The van der Waals surface area contributed by atoms with E-state index in [4.69, 9.17) is 37.9 Å². The van der Waals surface area contributed by atoms with Gasteiger partial charge in [0, 0.05) is 0 Å². The third-order valence-corrected chi connectivity index (χ3v) is 4.89. The molecule has 8 atom stereocenters. The van der Waals surface area contributed by atoms with Crippen LogP contribution in [0.25, 0.3) is 0 Å². The Morgan fingerprint density at radius 3 is 1.25 bits per heavy atom. The van der Waals surface area contributed by atoms with Gasteiger partial charge in [-0.25, -0.2) is 0 Å². The van der Waals surface area contributed by atoms with Crippen LogP contribution < -0.4 is 0 Å². The Hall–Kier alpha value is -0.400. The van der Waals surface area contributed by atoms with Crippen LogP contribution in [0.4, 0.5) is 0 Å². The third-order valence-electron chi connectivity index (χ3n) is 4.89. The SMILES string of the molecule is OC(C(COCC1CO1)OCC1CO1)C(O)C(COCC1CO1)OCC1CO1. The fraction of sp³-hybridized carbons (Fsp3) is 1.00. The summed E-state index contributed by atoms with van der Waals surface area (Å²) in [6.07, 6.45) is -3.53. The molecule has 0 spiro atoms. The van der Waals surface area contributed by atoms with Crippen molar-refractivity contribution in [3.05, 3.63) is 0 Å². The largest absolute Gasteiger partial charge is 0.388 e. The molecule has 4 aliphatic heterocycles. The Morgan fingerprint density at radius 2 is 0.929 bits per heavy atom. The molecule has 4 heterocycles. The summed E-state index contributed by atoms with van der Waals surface area (Å²) in [6.45, 7) is 4.50. The van der Waals surface area contributed by atoms with Crippen molar-refractivity contribution in [2.24, 2.45) is 0 Å². The Balaban J connectivity index is 1.27. The van der Waals surface area contributed by atoms with Crippen molar-refractivity contribution < 1.29 is 48.1 Å². The van der Waals surface area contributed by atoms with E-state index in [1.54, 1.807) is 0 Å². The van der Waals surface area contributed by atoms with Crippen molar-refractivity contribution in [3.63, 3.8) is 0 Å². The average Bonchev–Trinajstić information content (AvgIpc) is 3.55. The Morgan fingerprint density at radius 1 is 0.607 bits per heavy atom. The smallest absolute Gasteiger partial charge is 0.111 e. The molecular formula is C18H30O10. The van der Waals surface area contributed by atoms with Crippen molar-refractivity contribution in [1.29, 1.82) is 0 Å². The molecule has 4 fully saturated rings. The molecule has 4 aliphatic rings. The Bertz CT molecular complexity index is 421. The zero-order valence-electron chi connectivity index (χ0n) is 15.9. The highest BCUT2D eigenvalue weighted by Crippen LogP contribution is 2.19. The summed E-state index contributed by atoms with van der Waals surface area (Å²) in [4.78, 5) is 0. The quantitative estimate of drug-likeness (QED) is 0.265. The summed E-state index contributed by atoms with van der Waals surface area (Å²) in [5.41, 5.74) is 0. The number of hydrogen-bond donors (Lipinski definition) is 2. The lowest BCUT2D eigenvalue weighted by atomic mass is 10.0. The molecule has 162 valence electrons. The zero-order chi connectivity index (χ0) is 19.3. The third kappa shape index (κ3) is 7.45. The van der Waals surface area contributed by atoms with Crippen LogP contribution in [0.3, 0.4) is 0 Å². The first-order valence-corrected chi connectivity index (χ1v) is 9.90. The summed E-state index contributed by atoms with van der Waals surface area (Å²) in [5, 5.41) is 21.5. The first-order chi connectivity index (χ1) is 13.7. The van der Waals surface area contributed by atoms with Crippen molar-refractivity contribution >= 4 is 0 Å². The Labute approximate surface area is 163 Å². The second-order valence-corrected chi connectivity index (χ2v) is 7.62. The molecule has 0 bridgehead atoms.